The lowest BCUT2D eigenvalue weighted by Crippen LogP contribution is -2.27. The zero-order valence-electron chi connectivity index (χ0n) is 9.86. The van der Waals surface area contributed by atoms with Gasteiger partial charge in [-0.3, -0.25) is 0 Å². The largest absolute Gasteiger partial charge is 0.550 e. The maximum absolute atomic E-state index is 10.1. The van der Waals surface area contributed by atoms with Crippen LogP contribution in [-0.4, -0.2) is 38.6 Å². The van der Waals surface area contributed by atoms with Crippen molar-refractivity contribution in [3.8, 4) is 0 Å². The Kier molecular flexibility index (Phi) is 5.64. The van der Waals surface area contributed by atoms with E-state index in [1.807, 2.05) is 6.07 Å². The van der Waals surface area contributed by atoms with E-state index in [1.165, 1.54) is 0 Å². The molecule has 0 amide bonds. The van der Waals surface area contributed by atoms with E-state index < -0.39 is 5.97 Å². The Morgan fingerprint density at radius 3 is 1.87 bits per heavy atom. The molecule has 0 unspecified atom stereocenters. The predicted octanol–water partition coefficient (Wildman–Crippen LogP) is 0.301. The Bertz CT molecular complexity index is 282. The molecule has 0 bridgehead atoms. The van der Waals surface area contributed by atoms with Gasteiger partial charge in [0.2, 0.25) is 0 Å². The molecule has 0 N–H and O–H groups in total. The summed E-state index contributed by atoms with van der Waals surface area (Å²) in [5, 5.41) is 10.1. The molecule has 0 aliphatic carbocycles. The monoisotopic (exact) mass is 209 g/mol. The second-order valence-corrected chi connectivity index (χ2v) is 4.72. The van der Waals surface area contributed by atoms with Gasteiger partial charge in [0.1, 0.15) is 0 Å². The number of aliphatic carboxylic acids is 1. The van der Waals surface area contributed by atoms with Gasteiger partial charge in [0.15, 0.2) is 0 Å². The maximum Gasteiger partial charge on any atom is 0.0675 e. The van der Waals surface area contributed by atoms with Crippen LogP contribution in [0, 0.1) is 0 Å². The molecular formula is C12H19NO2. The third kappa shape index (κ3) is 12.6. The first kappa shape index (κ1) is 13.7. The van der Waals surface area contributed by atoms with Gasteiger partial charge in [-0.05, 0) is 5.56 Å². The summed E-state index contributed by atoms with van der Waals surface area (Å²) in [6.45, 7) is 0. The lowest BCUT2D eigenvalue weighted by molar-refractivity contribution is -0.849. The van der Waals surface area contributed by atoms with Gasteiger partial charge in [0.05, 0.1) is 28.2 Å². The number of hydrogen-bond donors (Lipinski definition) is 0. The van der Waals surface area contributed by atoms with Crippen LogP contribution in [0.1, 0.15) is 5.56 Å². The Balaban J connectivity index is 0.000000336. The van der Waals surface area contributed by atoms with Crippen molar-refractivity contribution in [1.82, 2.24) is 0 Å². The molecule has 0 atom stereocenters. The highest BCUT2D eigenvalue weighted by molar-refractivity contribution is 5.67. The maximum atomic E-state index is 10.1. The Morgan fingerprint density at radius 2 is 1.53 bits per heavy atom. The topological polar surface area (TPSA) is 40.1 Å². The van der Waals surface area contributed by atoms with Crippen molar-refractivity contribution >= 4 is 5.97 Å². The van der Waals surface area contributed by atoms with E-state index in [9.17, 15) is 9.90 Å². The van der Waals surface area contributed by atoms with Crippen molar-refractivity contribution in [3.63, 3.8) is 0 Å². The van der Waals surface area contributed by atoms with Crippen LogP contribution in [0.3, 0.4) is 0 Å². The first-order chi connectivity index (χ1) is 6.79. The summed E-state index contributed by atoms with van der Waals surface area (Å²) < 4.78 is 1.00. The van der Waals surface area contributed by atoms with Crippen molar-refractivity contribution in [2.24, 2.45) is 0 Å². The minimum absolute atomic E-state index is 0.000833. The molecule has 0 fully saturated rings. The minimum atomic E-state index is -1.04. The van der Waals surface area contributed by atoms with Crippen LogP contribution in [0.2, 0.25) is 0 Å². The molecule has 0 aliphatic heterocycles. The van der Waals surface area contributed by atoms with Gasteiger partial charge in [-0.15, -0.1) is 0 Å². The number of nitrogens with zero attached hydrogens (tertiary/aromatic N) is 1. The number of hydrogen-bond acceptors (Lipinski definition) is 2. The lowest BCUT2D eigenvalue weighted by Gasteiger charge is -2.14. The second kappa shape index (κ2) is 6.19. The molecule has 0 saturated carbocycles. The molecule has 0 aliphatic rings. The van der Waals surface area contributed by atoms with Crippen molar-refractivity contribution in [1.29, 1.82) is 0 Å². The molecule has 3 nitrogen and oxygen atoms in total. The molecular weight excluding hydrogens is 190 g/mol. The fraction of sp³-hybridized carbons (Fsp3) is 0.417. The standard InChI is InChI=1S/C8H8O2.C4H12N/c9-8(10)6-7-4-2-1-3-5-7;1-5(2,3)4/h1-5H,6H2,(H,9,10);1-4H3/q;+1/p-1. The quantitative estimate of drug-likeness (QED) is 0.657. The van der Waals surface area contributed by atoms with Gasteiger partial charge in [0, 0.05) is 12.4 Å². The van der Waals surface area contributed by atoms with Gasteiger partial charge in [-0.1, -0.05) is 30.3 Å². The number of benzene rings is 1. The van der Waals surface area contributed by atoms with E-state index in [0.29, 0.717) is 0 Å². The SMILES string of the molecule is C[N+](C)(C)C.O=C([O-])Cc1ccccc1. The lowest BCUT2D eigenvalue weighted by atomic mass is 10.2. The predicted molar refractivity (Wildman–Crippen MR) is 59.1 cm³/mol. The summed E-state index contributed by atoms with van der Waals surface area (Å²) in [5.41, 5.74) is 0.780. The van der Waals surface area contributed by atoms with Crippen molar-refractivity contribution < 1.29 is 14.4 Å². The second-order valence-electron chi connectivity index (χ2n) is 4.72. The molecule has 0 aromatic heterocycles. The highest BCUT2D eigenvalue weighted by Crippen LogP contribution is 1.97. The van der Waals surface area contributed by atoms with Gasteiger partial charge >= 0.3 is 0 Å². The third-order valence-corrected chi connectivity index (χ3v) is 1.19. The van der Waals surface area contributed by atoms with Crippen molar-refractivity contribution in [2.45, 2.75) is 6.42 Å². The minimum Gasteiger partial charge on any atom is -0.550 e. The fourth-order valence-corrected chi connectivity index (χ4v) is 0.763. The summed E-state index contributed by atoms with van der Waals surface area (Å²) in [5.74, 6) is -1.04. The molecule has 1 aromatic carbocycles. The highest BCUT2D eigenvalue weighted by Gasteiger charge is 1.89. The Labute approximate surface area is 91.6 Å². The molecule has 0 spiro atoms. The van der Waals surface area contributed by atoms with E-state index in [4.69, 9.17) is 0 Å². The summed E-state index contributed by atoms with van der Waals surface area (Å²) in [7, 11) is 8.50. The van der Waals surface area contributed by atoms with E-state index in [2.05, 4.69) is 28.2 Å². The molecule has 84 valence electrons. The number of rotatable bonds is 2. The molecule has 1 aromatic rings. The zero-order valence-corrected chi connectivity index (χ0v) is 9.86. The number of carboxylic acid groups (broad SMARTS) is 1. The first-order valence-electron chi connectivity index (χ1n) is 4.81. The van der Waals surface area contributed by atoms with Crippen LogP contribution in [-0.2, 0) is 11.2 Å². The molecule has 1 rings (SSSR count). The van der Waals surface area contributed by atoms with Crippen molar-refractivity contribution in [2.75, 3.05) is 28.2 Å². The van der Waals surface area contributed by atoms with Crippen LogP contribution >= 0.6 is 0 Å². The van der Waals surface area contributed by atoms with Crippen LogP contribution in [0.15, 0.2) is 30.3 Å². The molecule has 15 heavy (non-hydrogen) atoms. The van der Waals surface area contributed by atoms with E-state index in [-0.39, 0.29) is 6.42 Å². The molecule has 0 saturated heterocycles. The van der Waals surface area contributed by atoms with Gasteiger partial charge in [-0.25, -0.2) is 0 Å². The van der Waals surface area contributed by atoms with Gasteiger partial charge in [-0.2, -0.15) is 0 Å². The van der Waals surface area contributed by atoms with Crippen LogP contribution in [0.4, 0.5) is 0 Å². The summed E-state index contributed by atoms with van der Waals surface area (Å²) in [4.78, 5) is 10.1. The Hall–Kier alpha value is -1.35. The number of carbonyl (C=O) groups excluding carboxylic acids is 1. The van der Waals surface area contributed by atoms with Gasteiger partial charge < -0.3 is 14.4 Å². The van der Waals surface area contributed by atoms with Crippen LogP contribution in [0.5, 0.6) is 0 Å². The van der Waals surface area contributed by atoms with Crippen LogP contribution < -0.4 is 5.11 Å². The average molecular weight is 209 g/mol. The molecule has 0 heterocycles. The fourth-order valence-electron chi connectivity index (χ4n) is 0.763. The number of carboxylic acids is 1. The van der Waals surface area contributed by atoms with Crippen molar-refractivity contribution in [3.05, 3.63) is 35.9 Å². The smallest absolute Gasteiger partial charge is 0.0675 e. The molecule has 0 radical (unpaired) electrons. The van der Waals surface area contributed by atoms with E-state index in [1.54, 1.807) is 24.3 Å². The number of carbonyl (C=O) groups is 1. The summed E-state index contributed by atoms with van der Waals surface area (Å²) in [6, 6.07) is 8.97. The zero-order chi connectivity index (χ0) is 11.9. The molecule has 3 heteroatoms. The van der Waals surface area contributed by atoms with E-state index in [0.717, 1.165) is 10.0 Å². The normalized spacial score (nSPS) is 10.1. The number of quaternary nitrogens is 1. The Morgan fingerprint density at radius 1 is 1.13 bits per heavy atom. The highest BCUT2D eigenvalue weighted by atomic mass is 16.4. The summed E-state index contributed by atoms with van der Waals surface area (Å²) in [6.07, 6.45) is 0.000833. The van der Waals surface area contributed by atoms with E-state index >= 15 is 0 Å². The first-order valence-corrected chi connectivity index (χ1v) is 4.81. The average Bonchev–Trinajstić information content (AvgIpc) is 2.01. The van der Waals surface area contributed by atoms with Gasteiger partial charge in [0.25, 0.3) is 0 Å². The third-order valence-electron chi connectivity index (χ3n) is 1.19. The van der Waals surface area contributed by atoms with Crippen LogP contribution in [0.25, 0.3) is 0 Å². The summed E-state index contributed by atoms with van der Waals surface area (Å²) >= 11 is 0.